The number of carbonyl (C=O) groups is 1. The molecular weight excluding hydrogens is 448 g/mol. The normalized spacial score (nSPS) is 11.0. The maximum absolute atomic E-state index is 12.2. The van der Waals surface area contributed by atoms with Gasteiger partial charge in [0.1, 0.15) is 24.7 Å². The van der Waals surface area contributed by atoms with Gasteiger partial charge in [-0.05, 0) is 59.3 Å². The third kappa shape index (κ3) is 6.72. The van der Waals surface area contributed by atoms with Crippen molar-refractivity contribution in [1.82, 2.24) is 5.32 Å². The summed E-state index contributed by atoms with van der Waals surface area (Å²) in [5.41, 5.74) is 0.408. The summed E-state index contributed by atoms with van der Waals surface area (Å²) in [6, 6.07) is 14.0. The topological polar surface area (TPSA) is 84.9 Å². The van der Waals surface area contributed by atoms with Crippen molar-refractivity contribution in [3.05, 3.63) is 53.0 Å². The molecule has 1 N–H and O–H groups in total. The molecule has 152 valence electrons. The summed E-state index contributed by atoms with van der Waals surface area (Å²) in [6.45, 7) is 2.70. The zero-order valence-electron chi connectivity index (χ0n) is 15.7. The minimum absolute atomic E-state index is 0.250. The van der Waals surface area contributed by atoms with Gasteiger partial charge >= 0.3 is 0 Å². The Morgan fingerprint density at radius 3 is 2.25 bits per heavy atom. The molecule has 0 fully saturated rings. The number of benzene rings is 2. The molecule has 28 heavy (non-hydrogen) atoms. The Morgan fingerprint density at radius 1 is 1.07 bits per heavy atom. The molecule has 0 radical (unpaired) electrons. The van der Waals surface area contributed by atoms with E-state index in [9.17, 15) is 13.2 Å². The van der Waals surface area contributed by atoms with E-state index in [0.717, 1.165) is 16.3 Å². The fourth-order valence-electron chi connectivity index (χ4n) is 2.38. The van der Waals surface area contributed by atoms with Gasteiger partial charge in [-0.25, -0.2) is 8.42 Å². The molecular formula is C19H23BrN2O5S. The first kappa shape index (κ1) is 22.0. The first-order chi connectivity index (χ1) is 13.3. The highest BCUT2D eigenvalue weighted by Crippen LogP contribution is 2.27. The lowest BCUT2D eigenvalue weighted by molar-refractivity contribution is -0.119. The minimum Gasteiger partial charge on any atom is -0.494 e. The molecule has 9 heteroatoms. The first-order valence-electron chi connectivity index (χ1n) is 8.66. The number of halogens is 1. The third-order valence-electron chi connectivity index (χ3n) is 3.64. The molecule has 0 aromatic heterocycles. The fourth-order valence-corrected chi connectivity index (χ4v) is 3.86. The number of nitrogens with one attached hydrogen (secondary N) is 1. The van der Waals surface area contributed by atoms with Crippen LogP contribution in [0.2, 0.25) is 0 Å². The minimum atomic E-state index is -3.62. The first-order valence-corrected chi connectivity index (χ1v) is 11.3. The largest absolute Gasteiger partial charge is 0.494 e. The highest BCUT2D eigenvalue weighted by atomic mass is 79.9. The number of carbonyl (C=O) groups excluding carboxylic acids is 1. The van der Waals surface area contributed by atoms with Crippen molar-refractivity contribution in [1.29, 1.82) is 0 Å². The Labute approximate surface area is 173 Å². The van der Waals surface area contributed by atoms with Crippen LogP contribution >= 0.6 is 15.9 Å². The highest BCUT2D eigenvalue weighted by Gasteiger charge is 2.22. The van der Waals surface area contributed by atoms with Crippen molar-refractivity contribution in [3.63, 3.8) is 0 Å². The number of hydrogen-bond acceptors (Lipinski definition) is 5. The second-order valence-corrected chi connectivity index (χ2v) is 8.59. The van der Waals surface area contributed by atoms with Crippen LogP contribution < -0.4 is 19.1 Å². The molecule has 0 aliphatic heterocycles. The number of sulfonamides is 1. The van der Waals surface area contributed by atoms with Gasteiger partial charge in [0.2, 0.25) is 15.9 Å². The number of ether oxygens (including phenoxy) is 2. The average molecular weight is 471 g/mol. The molecule has 0 atom stereocenters. The van der Waals surface area contributed by atoms with Crippen molar-refractivity contribution < 1.29 is 22.7 Å². The van der Waals surface area contributed by atoms with Crippen LogP contribution in [0.3, 0.4) is 0 Å². The monoisotopic (exact) mass is 470 g/mol. The number of nitrogens with zero attached hydrogens (tertiary/aromatic N) is 1. The van der Waals surface area contributed by atoms with E-state index in [1.54, 1.807) is 48.5 Å². The van der Waals surface area contributed by atoms with Gasteiger partial charge in [0, 0.05) is 4.47 Å². The van der Waals surface area contributed by atoms with Crippen LogP contribution in [0.5, 0.6) is 11.5 Å². The molecule has 7 nitrogen and oxygen atoms in total. The van der Waals surface area contributed by atoms with E-state index in [2.05, 4.69) is 21.2 Å². The van der Waals surface area contributed by atoms with Crippen LogP contribution in [-0.4, -0.2) is 46.9 Å². The summed E-state index contributed by atoms with van der Waals surface area (Å²) in [4.78, 5) is 12.2. The van der Waals surface area contributed by atoms with E-state index < -0.39 is 15.9 Å². The number of amides is 1. The fraction of sp³-hybridized carbons (Fsp3) is 0.316. The highest BCUT2D eigenvalue weighted by molar-refractivity contribution is 9.10. The molecule has 2 aromatic rings. The Kier molecular flexibility index (Phi) is 8.13. The average Bonchev–Trinajstić information content (AvgIpc) is 2.65. The summed E-state index contributed by atoms with van der Waals surface area (Å²) in [7, 11) is -3.62. The van der Waals surface area contributed by atoms with Gasteiger partial charge in [-0.15, -0.1) is 0 Å². The second-order valence-electron chi connectivity index (χ2n) is 5.82. The van der Waals surface area contributed by atoms with E-state index in [1.165, 1.54) is 0 Å². The number of anilines is 1. The molecule has 0 spiro atoms. The van der Waals surface area contributed by atoms with Gasteiger partial charge in [0.25, 0.3) is 0 Å². The summed E-state index contributed by atoms with van der Waals surface area (Å²) in [5, 5.41) is 2.67. The Morgan fingerprint density at radius 2 is 1.68 bits per heavy atom. The number of rotatable bonds is 10. The van der Waals surface area contributed by atoms with Gasteiger partial charge in [-0.3, -0.25) is 9.10 Å². The predicted molar refractivity (Wildman–Crippen MR) is 112 cm³/mol. The molecule has 0 saturated carbocycles. The molecule has 0 heterocycles. The van der Waals surface area contributed by atoms with Gasteiger partial charge in [-0.2, -0.15) is 0 Å². The van der Waals surface area contributed by atoms with Crippen molar-refractivity contribution in [2.45, 2.75) is 6.92 Å². The van der Waals surface area contributed by atoms with E-state index in [0.29, 0.717) is 22.5 Å². The van der Waals surface area contributed by atoms with Crippen LogP contribution in [0, 0.1) is 0 Å². The smallest absolute Gasteiger partial charge is 0.240 e. The molecule has 0 bridgehead atoms. The molecule has 1 amide bonds. The lowest BCUT2D eigenvalue weighted by Gasteiger charge is -2.23. The van der Waals surface area contributed by atoms with E-state index in [1.807, 2.05) is 6.92 Å². The number of para-hydroxylation sites is 1. The lowest BCUT2D eigenvalue weighted by Crippen LogP contribution is -2.41. The van der Waals surface area contributed by atoms with Crippen LogP contribution in [0.1, 0.15) is 6.92 Å². The van der Waals surface area contributed by atoms with E-state index in [-0.39, 0.29) is 19.7 Å². The van der Waals surface area contributed by atoms with E-state index >= 15 is 0 Å². The van der Waals surface area contributed by atoms with Gasteiger partial charge in [0.05, 0.1) is 25.1 Å². The molecule has 2 aromatic carbocycles. The second kappa shape index (κ2) is 10.3. The SMILES string of the molecule is CCOc1ccc(OCCNC(=O)CN(c2ccccc2Br)S(C)(=O)=O)cc1. The van der Waals surface area contributed by atoms with Crippen molar-refractivity contribution in [2.75, 3.05) is 36.9 Å². The molecule has 2 rings (SSSR count). The van der Waals surface area contributed by atoms with Crippen LogP contribution in [0.4, 0.5) is 5.69 Å². The Hall–Kier alpha value is -2.26. The van der Waals surface area contributed by atoms with Crippen molar-refractivity contribution in [2.24, 2.45) is 0 Å². The Balaban J connectivity index is 1.85. The Bertz CT molecular complexity index is 887. The van der Waals surface area contributed by atoms with Gasteiger partial charge < -0.3 is 14.8 Å². The summed E-state index contributed by atoms with van der Waals surface area (Å²) in [6.07, 6.45) is 1.06. The molecule has 0 saturated heterocycles. The zero-order chi connectivity index (χ0) is 20.6. The maximum atomic E-state index is 12.2. The zero-order valence-corrected chi connectivity index (χ0v) is 18.1. The van der Waals surface area contributed by atoms with Crippen LogP contribution in [-0.2, 0) is 14.8 Å². The standard InChI is InChI=1S/C19H23BrN2O5S/c1-3-26-15-8-10-16(11-9-15)27-13-12-21-19(23)14-22(28(2,24)25)18-7-5-4-6-17(18)20/h4-11H,3,12-14H2,1-2H3,(H,21,23). The van der Waals surface area contributed by atoms with Gasteiger partial charge in [-0.1, -0.05) is 12.1 Å². The lowest BCUT2D eigenvalue weighted by atomic mass is 10.3. The molecule has 0 unspecified atom stereocenters. The summed E-state index contributed by atoms with van der Waals surface area (Å²) >= 11 is 3.32. The van der Waals surface area contributed by atoms with E-state index in [4.69, 9.17) is 9.47 Å². The number of hydrogen-bond donors (Lipinski definition) is 1. The summed E-state index contributed by atoms with van der Waals surface area (Å²) < 4.78 is 36.8. The van der Waals surface area contributed by atoms with Gasteiger partial charge in [0.15, 0.2) is 0 Å². The maximum Gasteiger partial charge on any atom is 0.240 e. The molecule has 0 aliphatic carbocycles. The van der Waals surface area contributed by atoms with Crippen molar-refractivity contribution in [3.8, 4) is 11.5 Å². The van der Waals surface area contributed by atoms with Crippen molar-refractivity contribution >= 4 is 37.5 Å². The van der Waals surface area contributed by atoms with Crippen LogP contribution in [0.15, 0.2) is 53.0 Å². The third-order valence-corrected chi connectivity index (χ3v) is 5.43. The quantitative estimate of drug-likeness (QED) is 0.539. The predicted octanol–water partition coefficient (Wildman–Crippen LogP) is 2.81. The summed E-state index contributed by atoms with van der Waals surface area (Å²) in [5.74, 6) is 0.997. The van der Waals surface area contributed by atoms with Crippen LogP contribution in [0.25, 0.3) is 0 Å². The molecule has 0 aliphatic rings.